The lowest BCUT2D eigenvalue weighted by Crippen LogP contribution is -2.33. The normalized spacial score (nSPS) is 25.6. The lowest BCUT2D eigenvalue weighted by molar-refractivity contribution is 0.387. The molecule has 1 heterocycles. The van der Waals surface area contributed by atoms with Gasteiger partial charge in [-0.3, -0.25) is 4.68 Å². The van der Waals surface area contributed by atoms with Gasteiger partial charge in [0.25, 0.3) is 0 Å². The smallest absolute Gasteiger partial charge is 0.0644 e. The van der Waals surface area contributed by atoms with Gasteiger partial charge in [-0.2, -0.15) is 5.10 Å². The Morgan fingerprint density at radius 3 is 2.61 bits per heavy atom. The number of aryl methyl sites for hydroxylation is 2. The van der Waals surface area contributed by atoms with Gasteiger partial charge in [0.2, 0.25) is 0 Å². The van der Waals surface area contributed by atoms with Crippen LogP contribution < -0.4 is 5.32 Å². The summed E-state index contributed by atoms with van der Waals surface area (Å²) < 4.78 is 2.11. The molecule has 1 N–H and O–H groups in total. The number of hydrogen-bond acceptors (Lipinski definition) is 2. The first-order valence-corrected chi connectivity index (χ1v) is 7.34. The van der Waals surface area contributed by atoms with Crippen LogP contribution >= 0.6 is 0 Å². The van der Waals surface area contributed by atoms with E-state index in [1.807, 2.05) is 0 Å². The number of hydrogen-bond donors (Lipinski definition) is 1. The van der Waals surface area contributed by atoms with Gasteiger partial charge in [-0.25, -0.2) is 0 Å². The highest BCUT2D eigenvalue weighted by Gasteiger charge is 2.26. The van der Waals surface area contributed by atoms with E-state index in [2.05, 4.69) is 49.7 Å². The van der Waals surface area contributed by atoms with Gasteiger partial charge in [0.1, 0.15) is 0 Å². The highest BCUT2D eigenvalue weighted by atomic mass is 15.3. The number of rotatable bonds is 4. The van der Waals surface area contributed by atoms with Gasteiger partial charge in [-0.15, -0.1) is 0 Å². The second-order valence-electron chi connectivity index (χ2n) is 5.80. The van der Waals surface area contributed by atoms with Crippen LogP contribution in [0.4, 0.5) is 0 Å². The SMILES string of the molecule is CCn1nc(C)c(C(C)NC2CCCC2C)c1C. The first kappa shape index (κ1) is 13.6. The fourth-order valence-corrected chi connectivity index (χ4v) is 3.44. The molecule has 1 aliphatic rings. The van der Waals surface area contributed by atoms with Crippen LogP contribution in [0.25, 0.3) is 0 Å². The second kappa shape index (κ2) is 5.43. The third-order valence-electron chi connectivity index (χ3n) is 4.50. The molecule has 0 spiro atoms. The molecule has 2 rings (SSSR count). The molecule has 0 amide bonds. The largest absolute Gasteiger partial charge is 0.307 e. The maximum atomic E-state index is 4.62. The van der Waals surface area contributed by atoms with Crippen LogP contribution in [0.3, 0.4) is 0 Å². The molecule has 3 atom stereocenters. The van der Waals surface area contributed by atoms with Crippen molar-refractivity contribution in [3.63, 3.8) is 0 Å². The predicted octanol–water partition coefficient (Wildman–Crippen LogP) is 3.36. The molecule has 0 bridgehead atoms. The van der Waals surface area contributed by atoms with Crippen molar-refractivity contribution in [3.05, 3.63) is 17.0 Å². The molecule has 0 radical (unpaired) electrons. The molecule has 0 saturated heterocycles. The zero-order valence-corrected chi connectivity index (χ0v) is 12.5. The molecule has 102 valence electrons. The molecule has 1 aliphatic carbocycles. The average Bonchev–Trinajstić information content (AvgIpc) is 2.83. The zero-order valence-electron chi connectivity index (χ0n) is 12.5. The van der Waals surface area contributed by atoms with Crippen molar-refractivity contribution in [1.29, 1.82) is 0 Å². The second-order valence-corrected chi connectivity index (χ2v) is 5.80. The van der Waals surface area contributed by atoms with Crippen LogP contribution in [0.15, 0.2) is 0 Å². The van der Waals surface area contributed by atoms with Crippen molar-refractivity contribution in [2.45, 2.75) is 72.5 Å². The van der Waals surface area contributed by atoms with Crippen LogP contribution in [0.1, 0.15) is 63.0 Å². The minimum Gasteiger partial charge on any atom is -0.307 e. The average molecular weight is 249 g/mol. The summed E-state index contributed by atoms with van der Waals surface area (Å²) in [4.78, 5) is 0. The third-order valence-corrected chi connectivity index (χ3v) is 4.50. The van der Waals surface area contributed by atoms with Gasteiger partial charge in [0.15, 0.2) is 0 Å². The molecule has 1 fully saturated rings. The molecule has 3 nitrogen and oxygen atoms in total. The fourth-order valence-electron chi connectivity index (χ4n) is 3.44. The van der Waals surface area contributed by atoms with Crippen molar-refractivity contribution in [2.75, 3.05) is 0 Å². The van der Waals surface area contributed by atoms with Gasteiger partial charge < -0.3 is 5.32 Å². The van der Waals surface area contributed by atoms with E-state index in [4.69, 9.17) is 0 Å². The third kappa shape index (κ3) is 2.46. The molecular formula is C15H27N3. The summed E-state index contributed by atoms with van der Waals surface area (Å²) in [7, 11) is 0. The van der Waals surface area contributed by atoms with Crippen molar-refractivity contribution in [1.82, 2.24) is 15.1 Å². The van der Waals surface area contributed by atoms with Crippen LogP contribution in [-0.4, -0.2) is 15.8 Å². The predicted molar refractivity (Wildman–Crippen MR) is 75.7 cm³/mol. The molecule has 0 aliphatic heterocycles. The topological polar surface area (TPSA) is 29.9 Å². The van der Waals surface area contributed by atoms with Crippen molar-refractivity contribution < 1.29 is 0 Å². The van der Waals surface area contributed by atoms with Crippen molar-refractivity contribution in [2.24, 2.45) is 5.92 Å². The van der Waals surface area contributed by atoms with Gasteiger partial charge in [-0.1, -0.05) is 13.3 Å². The zero-order chi connectivity index (χ0) is 13.3. The number of nitrogens with one attached hydrogen (secondary N) is 1. The van der Waals surface area contributed by atoms with E-state index < -0.39 is 0 Å². The van der Waals surface area contributed by atoms with E-state index in [9.17, 15) is 0 Å². The Balaban J connectivity index is 2.13. The first-order valence-electron chi connectivity index (χ1n) is 7.34. The standard InChI is InChI=1S/C15H27N3/c1-6-18-13(5)15(12(4)17-18)11(3)16-14-9-7-8-10(14)2/h10-11,14,16H,6-9H2,1-5H3. The van der Waals surface area contributed by atoms with Crippen LogP contribution in [0.5, 0.6) is 0 Å². The summed E-state index contributed by atoms with van der Waals surface area (Å²) >= 11 is 0. The Morgan fingerprint density at radius 1 is 1.39 bits per heavy atom. The van der Waals surface area contributed by atoms with E-state index >= 15 is 0 Å². The minimum atomic E-state index is 0.413. The van der Waals surface area contributed by atoms with Crippen LogP contribution in [-0.2, 0) is 6.54 Å². The quantitative estimate of drug-likeness (QED) is 0.886. The van der Waals surface area contributed by atoms with E-state index in [-0.39, 0.29) is 0 Å². The summed E-state index contributed by atoms with van der Waals surface area (Å²) in [5.74, 6) is 0.814. The van der Waals surface area contributed by atoms with Gasteiger partial charge in [-0.05, 0) is 46.5 Å². The summed E-state index contributed by atoms with van der Waals surface area (Å²) in [6, 6.07) is 1.10. The molecule has 3 unspecified atom stereocenters. The fraction of sp³-hybridized carbons (Fsp3) is 0.800. The summed E-state index contributed by atoms with van der Waals surface area (Å²) in [6.45, 7) is 12.1. The Hall–Kier alpha value is -0.830. The van der Waals surface area contributed by atoms with E-state index in [1.54, 1.807) is 0 Å². The Bertz CT molecular complexity index is 408. The summed E-state index contributed by atoms with van der Waals surface area (Å²) in [6.07, 6.45) is 4.07. The van der Waals surface area contributed by atoms with E-state index in [0.717, 1.165) is 12.5 Å². The van der Waals surface area contributed by atoms with Crippen LogP contribution in [0, 0.1) is 19.8 Å². The summed E-state index contributed by atoms with van der Waals surface area (Å²) in [5.41, 5.74) is 3.90. The summed E-state index contributed by atoms with van der Waals surface area (Å²) in [5, 5.41) is 8.43. The Morgan fingerprint density at radius 2 is 2.11 bits per heavy atom. The van der Waals surface area contributed by atoms with Gasteiger partial charge in [0.05, 0.1) is 5.69 Å². The van der Waals surface area contributed by atoms with Gasteiger partial charge >= 0.3 is 0 Å². The number of nitrogens with zero attached hydrogens (tertiary/aromatic N) is 2. The minimum absolute atomic E-state index is 0.413. The van der Waals surface area contributed by atoms with Gasteiger partial charge in [0, 0.05) is 29.9 Å². The molecule has 1 aromatic heterocycles. The van der Waals surface area contributed by atoms with Crippen molar-refractivity contribution >= 4 is 0 Å². The molecule has 1 saturated carbocycles. The lowest BCUT2D eigenvalue weighted by atomic mass is 10.0. The maximum absolute atomic E-state index is 4.62. The highest BCUT2D eigenvalue weighted by Crippen LogP contribution is 2.29. The van der Waals surface area contributed by atoms with E-state index in [0.29, 0.717) is 12.1 Å². The molecule has 0 aromatic carbocycles. The lowest BCUT2D eigenvalue weighted by Gasteiger charge is -2.23. The van der Waals surface area contributed by atoms with E-state index in [1.165, 1.54) is 36.2 Å². The Kier molecular flexibility index (Phi) is 4.10. The first-order chi connectivity index (χ1) is 8.54. The molecule has 3 heteroatoms. The maximum Gasteiger partial charge on any atom is 0.0644 e. The molecular weight excluding hydrogens is 222 g/mol. The number of aromatic nitrogens is 2. The van der Waals surface area contributed by atoms with Crippen molar-refractivity contribution in [3.8, 4) is 0 Å². The molecule has 1 aromatic rings. The highest BCUT2D eigenvalue weighted by molar-refractivity contribution is 5.28. The van der Waals surface area contributed by atoms with Crippen LogP contribution in [0.2, 0.25) is 0 Å². The Labute approximate surface area is 111 Å². The molecule has 18 heavy (non-hydrogen) atoms. The monoisotopic (exact) mass is 249 g/mol.